The second kappa shape index (κ2) is 8.24. The van der Waals surface area contributed by atoms with E-state index in [2.05, 4.69) is 10.2 Å². The van der Waals surface area contributed by atoms with Crippen LogP contribution in [0.2, 0.25) is 0 Å². The second-order valence-electron chi connectivity index (χ2n) is 7.71. The summed E-state index contributed by atoms with van der Waals surface area (Å²) < 4.78 is 0. The van der Waals surface area contributed by atoms with E-state index in [0.717, 1.165) is 11.1 Å². The maximum Gasteiger partial charge on any atom is 0.272 e. The molecule has 4 aromatic rings. The zero-order valence-electron chi connectivity index (χ0n) is 18.0. The predicted molar refractivity (Wildman–Crippen MR) is 127 cm³/mol. The summed E-state index contributed by atoms with van der Waals surface area (Å²) in [6.07, 6.45) is 0. The van der Waals surface area contributed by atoms with Crippen molar-refractivity contribution >= 4 is 28.5 Å². The molecule has 0 fully saturated rings. The average molecular weight is 435 g/mol. The normalized spacial score (nSPS) is 14.9. The molecule has 0 saturated heterocycles. The van der Waals surface area contributed by atoms with Crippen LogP contribution in [0.25, 0.3) is 11.1 Å². The first-order chi connectivity index (χ1) is 16.1. The van der Waals surface area contributed by atoms with E-state index in [1.54, 1.807) is 29.2 Å². The number of Topliss-reactive ketones (excluding diaryl/α,β-unsaturated/α-hetero) is 1. The van der Waals surface area contributed by atoms with Crippen LogP contribution in [0, 0.1) is 0 Å². The molecule has 6 nitrogen and oxygen atoms in total. The van der Waals surface area contributed by atoms with Crippen LogP contribution < -0.4 is 21.0 Å². The number of nitrogens with one attached hydrogen (secondary N) is 2. The van der Waals surface area contributed by atoms with Crippen molar-refractivity contribution in [1.82, 2.24) is 10.2 Å². The Balaban J connectivity index is 1.96. The van der Waals surface area contributed by atoms with Crippen molar-refractivity contribution in [2.24, 2.45) is 0 Å². The van der Waals surface area contributed by atoms with E-state index in [-0.39, 0.29) is 16.1 Å². The second-order valence-corrected chi connectivity index (χ2v) is 7.71. The van der Waals surface area contributed by atoms with E-state index < -0.39 is 17.2 Å². The zero-order chi connectivity index (χ0) is 22.9. The van der Waals surface area contributed by atoms with Crippen molar-refractivity contribution in [3.63, 3.8) is 0 Å². The first kappa shape index (κ1) is 20.5. The van der Waals surface area contributed by atoms with Crippen LogP contribution in [0.4, 0.5) is 5.69 Å². The summed E-state index contributed by atoms with van der Waals surface area (Å²) in [6.45, 7) is 2.25. The van der Waals surface area contributed by atoms with Crippen molar-refractivity contribution in [2.45, 2.75) is 6.92 Å². The lowest BCUT2D eigenvalue weighted by atomic mass is 9.92. The standard InChI is InChI=1S/C27H21N3O3/c1-2-30-20-16-10-9-15-19(20)25(31)23(27(30)33)24-22(26(32)29-28-24)21(17-11-5-3-6-12-17)18-13-7-4-8-14-18/h3-16,28H,2H2,1H3,(H,29,32)/b24-23+. The summed E-state index contributed by atoms with van der Waals surface area (Å²) in [7, 11) is 0. The van der Waals surface area contributed by atoms with Gasteiger partial charge >= 0.3 is 0 Å². The number of anilines is 1. The molecule has 0 unspecified atom stereocenters. The van der Waals surface area contributed by atoms with Gasteiger partial charge in [0.2, 0.25) is 5.78 Å². The molecular formula is C27H21N3O3. The van der Waals surface area contributed by atoms with Gasteiger partial charge in [0.25, 0.3) is 11.5 Å². The molecule has 1 aliphatic rings. The van der Waals surface area contributed by atoms with Gasteiger partial charge in [0.15, 0.2) is 0 Å². The third-order valence-electron chi connectivity index (χ3n) is 5.84. The van der Waals surface area contributed by atoms with Gasteiger partial charge in [-0.15, -0.1) is 0 Å². The summed E-state index contributed by atoms with van der Waals surface area (Å²) in [4.78, 5) is 41.7. The van der Waals surface area contributed by atoms with Gasteiger partial charge in [-0.1, -0.05) is 72.8 Å². The molecule has 33 heavy (non-hydrogen) atoms. The van der Waals surface area contributed by atoms with Gasteiger partial charge in [-0.25, -0.2) is 0 Å². The van der Waals surface area contributed by atoms with Crippen molar-refractivity contribution in [3.05, 3.63) is 123 Å². The van der Waals surface area contributed by atoms with Gasteiger partial charge in [-0.05, 0) is 30.2 Å². The highest BCUT2D eigenvalue weighted by atomic mass is 16.2. The number of para-hydroxylation sites is 1. The van der Waals surface area contributed by atoms with E-state index in [1.165, 1.54) is 0 Å². The SMILES string of the molecule is CCN1C(=O)/C(=c2/[nH][nH]c(=O)c2=C(c2ccccc2)c2ccccc2)C(=O)c2ccccc21. The number of amides is 1. The number of aromatic nitrogens is 2. The number of carbonyl (C=O) groups excluding carboxylic acids is 2. The first-order valence-corrected chi connectivity index (χ1v) is 10.7. The molecule has 5 rings (SSSR count). The average Bonchev–Trinajstić information content (AvgIpc) is 3.22. The molecule has 162 valence electrons. The molecule has 0 radical (unpaired) electrons. The molecule has 0 aliphatic carbocycles. The number of nitrogens with zero attached hydrogens (tertiary/aromatic N) is 1. The number of hydrogen-bond donors (Lipinski definition) is 2. The lowest BCUT2D eigenvalue weighted by Crippen LogP contribution is -2.46. The minimum Gasteiger partial charge on any atom is -0.308 e. The fraction of sp³-hybridized carbons (Fsp3) is 0.0741. The highest BCUT2D eigenvalue weighted by Crippen LogP contribution is 2.30. The molecule has 3 aromatic carbocycles. The minimum absolute atomic E-state index is 0.0479. The zero-order valence-corrected chi connectivity index (χ0v) is 18.0. The van der Waals surface area contributed by atoms with Crippen LogP contribution in [0.3, 0.4) is 0 Å². The largest absolute Gasteiger partial charge is 0.308 e. The van der Waals surface area contributed by atoms with Crippen molar-refractivity contribution < 1.29 is 9.59 Å². The van der Waals surface area contributed by atoms with Gasteiger partial charge in [0.1, 0.15) is 5.57 Å². The Hall–Kier alpha value is -4.45. The van der Waals surface area contributed by atoms with Crippen LogP contribution >= 0.6 is 0 Å². The van der Waals surface area contributed by atoms with Crippen molar-refractivity contribution in [2.75, 3.05) is 11.4 Å². The van der Waals surface area contributed by atoms with Crippen molar-refractivity contribution in [3.8, 4) is 0 Å². The number of rotatable bonds is 3. The molecular weight excluding hydrogens is 414 g/mol. The van der Waals surface area contributed by atoms with Crippen LogP contribution in [0.5, 0.6) is 0 Å². The lowest BCUT2D eigenvalue weighted by molar-refractivity contribution is -0.113. The summed E-state index contributed by atoms with van der Waals surface area (Å²) in [5.41, 5.74) is 2.81. The van der Waals surface area contributed by atoms with Gasteiger partial charge < -0.3 is 4.90 Å². The molecule has 0 saturated carbocycles. The maximum atomic E-state index is 13.5. The van der Waals surface area contributed by atoms with Crippen LogP contribution in [-0.2, 0) is 4.79 Å². The van der Waals surface area contributed by atoms with E-state index in [9.17, 15) is 14.4 Å². The van der Waals surface area contributed by atoms with Gasteiger partial charge in [-0.2, -0.15) is 0 Å². The fourth-order valence-corrected chi connectivity index (χ4v) is 4.36. The Labute approximate surface area is 189 Å². The Bertz CT molecular complexity index is 1510. The van der Waals surface area contributed by atoms with Crippen LogP contribution in [-0.4, -0.2) is 28.4 Å². The molecule has 0 bridgehead atoms. The van der Waals surface area contributed by atoms with Gasteiger partial charge in [-0.3, -0.25) is 24.6 Å². The smallest absolute Gasteiger partial charge is 0.272 e. The molecule has 2 heterocycles. The van der Waals surface area contributed by atoms with E-state index >= 15 is 0 Å². The molecule has 0 atom stereocenters. The van der Waals surface area contributed by atoms with Crippen molar-refractivity contribution in [1.29, 1.82) is 0 Å². The van der Waals surface area contributed by atoms with Crippen LogP contribution in [0.1, 0.15) is 28.4 Å². The number of aromatic amines is 2. The fourth-order valence-electron chi connectivity index (χ4n) is 4.36. The minimum atomic E-state index is -0.432. The summed E-state index contributed by atoms with van der Waals surface area (Å²) in [5.74, 6) is -0.838. The number of benzene rings is 3. The highest BCUT2D eigenvalue weighted by Gasteiger charge is 2.35. The van der Waals surface area contributed by atoms with E-state index in [1.807, 2.05) is 67.6 Å². The predicted octanol–water partition coefficient (Wildman–Crippen LogP) is 2.35. The summed E-state index contributed by atoms with van der Waals surface area (Å²) in [5, 5.41) is 5.91. The molecule has 1 aliphatic heterocycles. The monoisotopic (exact) mass is 435 g/mol. The van der Waals surface area contributed by atoms with Crippen LogP contribution in [0.15, 0.2) is 89.7 Å². The maximum absolute atomic E-state index is 13.5. The molecule has 2 N–H and O–H groups in total. The number of H-pyrrole nitrogens is 2. The Morgan fingerprint density at radius 3 is 1.94 bits per heavy atom. The number of carbonyl (C=O) groups is 2. The number of hydrogen-bond acceptors (Lipinski definition) is 3. The molecule has 0 spiro atoms. The quantitative estimate of drug-likeness (QED) is 0.518. The Morgan fingerprint density at radius 1 is 0.758 bits per heavy atom. The molecule has 1 aromatic heterocycles. The van der Waals surface area contributed by atoms with Gasteiger partial charge in [0.05, 0.1) is 16.3 Å². The number of ketones is 1. The third kappa shape index (κ3) is 3.32. The first-order valence-electron chi connectivity index (χ1n) is 10.7. The summed E-state index contributed by atoms with van der Waals surface area (Å²) in [6, 6.07) is 26.0. The molecule has 6 heteroatoms. The van der Waals surface area contributed by atoms with E-state index in [0.29, 0.717) is 23.4 Å². The van der Waals surface area contributed by atoms with E-state index in [4.69, 9.17) is 0 Å². The Kier molecular flexibility index (Phi) is 5.11. The number of fused-ring (bicyclic) bond motifs is 1. The topological polar surface area (TPSA) is 86.0 Å². The lowest BCUT2D eigenvalue weighted by Gasteiger charge is -2.28. The highest BCUT2D eigenvalue weighted by molar-refractivity contribution is 6.51. The van der Waals surface area contributed by atoms with Gasteiger partial charge in [0, 0.05) is 17.7 Å². The Morgan fingerprint density at radius 2 is 1.33 bits per heavy atom. The molecule has 1 amide bonds. The third-order valence-corrected chi connectivity index (χ3v) is 5.84. The summed E-state index contributed by atoms with van der Waals surface area (Å²) >= 11 is 0.